The summed E-state index contributed by atoms with van der Waals surface area (Å²) >= 11 is 0. The first-order valence-corrected chi connectivity index (χ1v) is 6.67. The van der Waals surface area contributed by atoms with Crippen molar-refractivity contribution in [2.75, 3.05) is 13.2 Å². The minimum absolute atomic E-state index is 0.582. The van der Waals surface area contributed by atoms with Crippen LogP contribution in [0.1, 0.15) is 38.7 Å². The van der Waals surface area contributed by atoms with Gasteiger partial charge in [-0.1, -0.05) is 32.0 Å². The van der Waals surface area contributed by atoms with E-state index in [0.29, 0.717) is 12.0 Å². The maximum Gasteiger partial charge on any atom is 0.122 e. The molecule has 2 unspecified atom stereocenters. The van der Waals surface area contributed by atoms with Crippen LogP contribution in [0, 0.1) is 5.92 Å². The third-order valence-electron chi connectivity index (χ3n) is 3.33. The zero-order chi connectivity index (χ0) is 12.3. The summed E-state index contributed by atoms with van der Waals surface area (Å²) in [7, 11) is 0. The standard InChI is InChI=1S/C15H23NO/c1-4-17-15-8-6-5-7-13(15)14-9-12(14)10-16-11(2)3/h5-8,11-12,14,16H,4,9-10H2,1-3H3. The number of ether oxygens (including phenoxy) is 1. The van der Waals surface area contributed by atoms with Gasteiger partial charge in [-0.2, -0.15) is 0 Å². The molecule has 2 heteroatoms. The predicted octanol–water partition coefficient (Wildman–Crippen LogP) is 3.19. The summed E-state index contributed by atoms with van der Waals surface area (Å²) in [6, 6.07) is 9.05. The van der Waals surface area contributed by atoms with Gasteiger partial charge in [-0.05, 0) is 43.4 Å². The van der Waals surface area contributed by atoms with Crippen LogP contribution >= 0.6 is 0 Å². The minimum atomic E-state index is 0.582. The Bertz CT molecular complexity index is 362. The Labute approximate surface area is 104 Å². The molecular weight excluding hydrogens is 210 g/mol. The predicted molar refractivity (Wildman–Crippen MR) is 71.6 cm³/mol. The van der Waals surface area contributed by atoms with Crippen molar-refractivity contribution in [3.63, 3.8) is 0 Å². The van der Waals surface area contributed by atoms with Crippen LogP contribution in [0.25, 0.3) is 0 Å². The molecule has 0 amide bonds. The molecule has 1 aromatic rings. The lowest BCUT2D eigenvalue weighted by molar-refractivity contribution is 0.336. The van der Waals surface area contributed by atoms with Crippen molar-refractivity contribution in [2.24, 2.45) is 5.92 Å². The maximum atomic E-state index is 5.69. The average Bonchev–Trinajstić information content (AvgIpc) is 3.07. The van der Waals surface area contributed by atoms with Crippen LogP contribution in [0.3, 0.4) is 0 Å². The van der Waals surface area contributed by atoms with E-state index in [-0.39, 0.29) is 0 Å². The zero-order valence-corrected chi connectivity index (χ0v) is 11.1. The number of para-hydroxylation sites is 1. The first-order valence-electron chi connectivity index (χ1n) is 6.67. The Morgan fingerprint density at radius 1 is 1.35 bits per heavy atom. The second kappa shape index (κ2) is 5.54. The van der Waals surface area contributed by atoms with Crippen molar-refractivity contribution in [1.29, 1.82) is 0 Å². The Morgan fingerprint density at radius 3 is 2.82 bits per heavy atom. The molecule has 1 fully saturated rings. The Kier molecular flexibility index (Phi) is 4.06. The van der Waals surface area contributed by atoms with Crippen molar-refractivity contribution in [3.8, 4) is 5.75 Å². The Morgan fingerprint density at radius 2 is 2.12 bits per heavy atom. The molecule has 0 heterocycles. The van der Waals surface area contributed by atoms with E-state index < -0.39 is 0 Å². The number of rotatable bonds is 6. The van der Waals surface area contributed by atoms with E-state index in [9.17, 15) is 0 Å². The van der Waals surface area contributed by atoms with E-state index in [1.54, 1.807) is 0 Å². The van der Waals surface area contributed by atoms with Gasteiger partial charge in [-0.15, -0.1) is 0 Å². The lowest BCUT2D eigenvalue weighted by atomic mass is 10.1. The number of hydrogen-bond donors (Lipinski definition) is 1. The molecule has 2 atom stereocenters. The lowest BCUT2D eigenvalue weighted by Gasteiger charge is -2.10. The normalized spacial score (nSPS) is 22.8. The van der Waals surface area contributed by atoms with Crippen LogP contribution in [-0.4, -0.2) is 19.2 Å². The summed E-state index contributed by atoms with van der Waals surface area (Å²) in [6.07, 6.45) is 1.30. The van der Waals surface area contributed by atoms with Crippen LogP contribution in [-0.2, 0) is 0 Å². The molecule has 0 saturated heterocycles. The molecule has 2 nitrogen and oxygen atoms in total. The van der Waals surface area contributed by atoms with Gasteiger partial charge in [-0.25, -0.2) is 0 Å². The van der Waals surface area contributed by atoms with Gasteiger partial charge < -0.3 is 10.1 Å². The van der Waals surface area contributed by atoms with Crippen LogP contribution < -0.4 is 10.1 Å². The van der Waals surface area contributed by atoms with Gasteiger partial charge in [0.1, 0.15) is 5.75 Å². The van der Waals surface area contributed by atoms with Gasteiger partial charge in [0.25, 0.3) is 0 Å². The molecule has 1 aliphatic rings. The van der Waals surface area contributed by atoms with E-state index in [2.05, 4.69) is 43.4 Å². The molecular formula is C15H23NO. The molecule has 0 radical (unpaired) electrons. The first-order chi connectivity index (χ1) is 8.22. The summed E-state index contributed by atoms with van der Waals surface area (Å²) in [6.45, 7) is 8.32. The second-order valence-corrected chi connectivity index (χ2v) is 5.14. The highest BCUT2D eigenvalue weighted by atomic mass is 16.5. The summed E-state index contributed by atoms with van der Waals surface area (Å²) < 4.78 is 5.69. The average molecular weight is 233 g/mol. The summed E-state index contributed by atoms with van der Waals surface area (Å²) in [5.41, 5.74) is 1.39. The highest BCUT2D eigenvalue weighted by molar-refractivity contribution is 5.39. The first kappa shape index (κ1) is 12.4. The SMILES string of the molecule is CCOc1ccccc1C1CC1CNC(C)C. The molecule has 0 aliphatic heterocycles. The van der Waals surface area contributed by atoms with Crippen LogP contribution in [0.15, 0.2) is 24.3 Å². The third-order valence-corrected chi connectivity index (χ3v) is 3.33. The van der Waals surface area contributed by atoms with Gasteiger partial charge in [-0.3, -0.25) is 0 Å². The fraction of sp³-hybridized carbons (Fsp3) is 0.600. The molecule has 17 heavy (non-hydrogen) atoms. The van der Waals surface area contributed by atoms with Gasteiger partial charge in [0, 0.05) is 6.04 Å². The van der Waals surface area contributed by atoms with Crippen LogP contribution in [0.2, 0.25) is 0 Å². The Hall–Kier alpha value is -1.02. The van der Waals surface area contributed by atoms with Gasteiger partial charge in [0.05, 0.1) is 6.61 Å². The van der Waals surface area contributed by atoms with Crippen molar-refractivity contribution < 1.29 is 4.74 Å². The molecule has 1 saturated carbocycles. The van der Waals surface area contributed by atoms with E-state index in [1.807, 2.05) is 6.92 Å². The van der Waals surface area contributed by atoms with Gasteiger partial charge in [0.2, 0.25) is 0 Å². The molecule has 94 valence electrons. The Balaban J connectivity index is 1.95. The lowest BCUT2D eigenvalue weighted by Crippen LogP contribution is -2.25. The number of nitrogens with one attached hydrogen (secondary N) is 1. The van der Waals surface area contributed by atoms with E-state index in [4.69, 9.17) is 4.74 Å². The molecule has 0 spiro atoms. The van der Waals surface area contributed by atoms with Crippen molar-refractivity contribution >= 4 is 0 Å². The zero-order valence-electron chi connectivity index (χ0n) is 11.1. The molecule has 1 N–H and O–H groups in total. The molecule has 0 bridgehead atoms. The summed E-state index contributed by atoms with van der Waals surface area (Å²) in [5, 5.41) is 3.52. The summed E-state index contributed by atoms with van der Waals surface area (Å²) in [5.74, 6) is 2.56. The maximum absolute atomic E-state index is 5.69. The summed E-state index contributed by atoms with van der Waals surface area (Å²) in [4.78, 5) is 0. The quantitative estimate of drug-likeness (QED) is 0.814. The van der Waals surface area contributed by atoms with Gasteiger partial charge >= 0.3 is 0 Å². The van der Waals surface area contributed by atoms with Crippen molar-refractivity contribution in [1.82, 2.24) is 5.32 Å². The topological polar surface area (TPSA) is 21.3 Å². The van der Waals surface area contributed by atoms with E-state index >= 15 is 0 Å². The molecule has 0 aromatic heterocycles. The molecule has 1 aromatic carbocycles. The highest BCUT2D eigenvalue weighted by Crippen LogP contribution is 2.49. The van der Waals surface area contributed by atoms with Crippen LogP contribution in [0.5, 0.6) is 5.75 Å². The monoisotopic (exact) mass is 233 g/mol. The highest BCUT2D eigenvalue weighted by Gasteiger charge is 2.39. The van der Waals surface area contributed by atoms with E-state index in [1.165, 1.54) is 12.0 Å². The largest absolute Gasteiger partial charge is 0.494 e. The van der Waals surface area contributed by atoms with Crippen molar-refractivity contribution in [2.45, 2.75) is 39.2 Å². The smallest absolute Gasteiger partial charge is 0.122 e. The number of hydrogen-bond acceptors (Lipinski definition) is 2. The molecule has 1 aliphatic carbocycles. The fourth-order valence-electron chi connectivity index (χ4n) is 2.31. The molecule has 2 rings (SSSR count). The van der Waals surface area contributed by atoms with Crippen molar-refractivity contribution in [3.05, 3.63) is 29.8 Å². The van der Waals surface area contributed by atoms with Crippen LogP contribution in [0.4, 0.5) is 0 Å². The second-order valence-electron chi connectivity index (χ2n) is 5.14. The van der Waals surface area contributed by atoms with E-state index in [0.717, 1.165) is 24.8 Å². The third kappa shape index (κ3) is 3.22. The van der Waals surface area contributed by atoms with Gasteiger partial charge in [0.15, 0.2) is 0 Å². The number of benzene rings is 1. The minimum Gasteiger partial charge on any atom is -0.494 e. The fourth-order valence-corrected chi connectivity index (χ4v) is 2.31.